The molecule has 19 heteroatoms. The van der Waals surface area contributed by atoms with Crippen molar-refractivity contribution < 1.29 is 54.0 Å². The number of hydrogen-bond acceptors (Lipinski definition) is 12. The number of aliphatic carboxylic acids is 1. The third kappa shape index (κ3) is 11.8. The van der Waals surface area contributed by atoms with Crippen molar-refractivity contribution in [1.82, 2.24) is 31.1 Å². The minimum atomic E-state index is -1.64. The van der Waals surface area contributed by atoms with Crippen LogP contribution in [0.2, 0.25) is 0 Å². The number of carbonyl (C=O) groups excluding carboxylic acids is 6. The van der Waals surface area contributed by atoms with Gasteiger partial charge in [0.15, 0.2) is 0 Å². The fourth-order valence-corrected chi connectivity index (χ4v) is 6.89. The number of aliphatic hydroxyl groups is 2. The van der Waals surface area contributed by atoms with Gasteiger partial charge in [-0.2, -0.15) is 11.8 Å². The zero-order valence-corrected chi connectivity index (χ0v) is 31.5. The molecule has 1 aromatic rings. The second kappa shape index (κ2) is 20.8. The summed E-state index contributed by atoms with van der Waals surface area (Å²) in [5.41, 5.74) is 6.44. The number of amides is 6. The third-order valence-electron chi connectivity index (χ3n) is 9.48. The molecule has 18 nitrogen and oxygen atoms in total. The van der Waals surface area contributed by atoms with E-state index in [1.807, 2.05) is 6.26 Å². The van der Waals surface area contributed by atoms with Gasteiger partial charge in [0.2, 0.25) is 35.4 Å². The molecule has 6 amide bonds. The van der Waals surface area contributed by atoms with E-state index in [1.165, 1.54) is 45.8 Å². The second-order valence-corrected chi connectivity index (χ2v) is 14.7. The molecule has 2 fully saturated rings. The lowest BCUT2D eigenvalue weighted by molar-refractivity contribution is -0.148. The van der Waals surface area contributed by atoms with Gasteiger partial charge >= 0.3 is 5.97 Å². The monoisotopic (exact) mass is 779 g/mol. The number of carboxylic acid groups (broad SMARTS) is 1. The van der Waals surface area contributed by atoms with Crippen molar-refractivity contribution >= 4 is 53.2 Å². The Kier molecular flexibility index (Phi) is 17.0. The summed E-state index contributed by atoms with van der Waals surface area (Å²) in [6.45, 7) is 2.13. The van der Waals surface area contributed by atoms with Crippen molar-refractivity contribution in [2.75, 3.05) is 38.3 Å². The van der Waals surface area contributed by atoms with Crippen molar-refractivity contribution in [2.24, 2.45) is 11.7 Å². The number of carboxylic acids is 1. The average molecular weight is 780 g/mol. The maximum Gasteiger partial charge on any atom is 0.328 e. The van der Waals surface area contributed by atoms with Crippen LogP contribution < -0.4 is 27.0 Å². The molecule has 54 heavy (non-hydrogen) atoms. The van der Waals surface area contributed by atoms with E-state index in [0.717, 1.165) is 0 Å². The number of phenolic OH excluding ortho intramolecular Hbond substituents is 1. The fraction of sp³-hybridized carbons (Fsp3) is 0.629. The normalized spacial score (nSPS) is 19.7. The fourth-order valence-electron chi connectivity index (χ4n) is 6.40. The topological polar surface area (TPSA) is 281 Å². The number of benzene rings is 1. The molecule has 0 radical (unpaired) electrons. The predicted molar refractivity (Wildman–Crippen MR) is 197 cm³/mol. The molecule has 300 valence electrons. The smallest absolute Gasteiger partial charge is 0.328 e. The summed E-state index contributed by atoms with van der Waals surface area (Å²) in [4.78, 5) is 94.9. The highest BCUT2D eigenvalue weighted by Crippen LogP contribution is 2.26. The van der Waals surface area contributed by atoms with E-state index in [2.05, 4.69) is 21.3 Å². The standard InChI is InChI=1S/C35H53N7O11S/c1-19(2)28(32(49)37-23(16-20-8-10-21(45)11-9-20)30(47)39-25(18-44)35(52)53)40-31(48)26-6-4-13-41(26)34(51)27-7-5-14-42(27)33(50)24(17-43)38-29(46)22(36)12-15-54-3/h8-11,19,22-28,43-45H,4-7,12-18,36H2,1-3H3,(H,37,49)(H,38,46)(H,39,47)(H,40,48)(H,52,53)/t22-,23-,24-,25-,26-,27-,28-/m0/s1. The predicted octanol–water partition coefficient (Wildman–Crippen LogP) is -2.34. The number of rotatable bonds is 19. The number of phenols is 1. The number of aliphatic hydroxyl groups excluding tert-OH is 2. The molecule has 1 aromatic carbocycles. The van der Waals surface area contributed by atoms with Gasteiger partial charge in [0.05, 0.1) is 19.3 Å². The first-order chi connectivity index (χ1) is 25.6. The van der Waals surface area contributed by atoms with Crippen LogP contribution in [0.3, 0.4) is 0 Å². The first-order valence-corrected chi connectivity index (χ1v) is 19.3. The van der Waals surface area contributed by atoms with Gasteiger partial charge < -0.3 is 57.2 Å². The number of nitrogens with one attached hydrogen (secondary N) is 4. The number of nitrogens with two attached hydrogens (primary N) is 1. The maximum atomic E-state index is 13.9. The van der Waals surface area contributed by atoms with Crippen LogP contribution in [0.4, 0.5) is 0 Å². The Morgan fingerprint density at radius 2 is 1.39 bits per heavy atom. The molecule has 10 N–H and O–H groups in total. The molecule has 2 aliphatic rings. The summed E-state index contributed by atoms with van der Waals surface area (Å²) >= 11 is 1.51. The third-order valence-corrected chi connectivity index (χ3v) is 10.1. The van der Waals surface area contributed by atoms with Crippen molar-refractivity contribution in [1.29, 1.82) is 0 Å². The first kappa shape index (κ1) is 43.9. The average Bonchev–Trinajstić information content (AvgIpc) is 3.84. The Hall–Kier alpha value is -4.46. The van der Waals surface area contributed by atoms with Crippen LogP contribution in [-0.4, -0.2) is 152 Å². The van der Waals surface area contributed by atoms with Crippen molar-refractivity contribution in [3.63, 3.8) is 0 Å². The molecule has 0 spiro atoms. The molecular formula is C35H53N7O11S. The van der Waals surface area contributed by atoms with Gasteiger partial charge in [-0.05, 0) is 67.7 Å². The number of aromatic hydroxyl groups is 1. The van der Waals surface area contributed by atoms with E-state index in [0.29, 0.717) is 37.0 Å². The van der Waals surface area contributed by atoms with Crippen LogP contribution in [0.5, 0.6) is 5.75 Å². The quantitative estimate of drug-likeness (QED) is 0.0713. The molecule has 2 saturated heterocycles. The summed E-state index contributed by atoms with van der Waals surface area (Å²) in [6, 6.07) is -2.53. The maximum absolute atomic E-state index is 13.9. The highest BCUT2D eigenvalue weighted by atomic mass is 32.2. The lowest BCUT2D eigenvalue weighted by atomic mass is 10.00. The van der Waals surface area contributed by atoms with E-state index in [-0.39, 0.29) is 31.7 Å². The summed E-state index contributed by atoms with van der Waals surface area (Å²) in [5, 5.41) is 48.4. The molecular weight excluding hydrogens is 726 g/mol. The van der Waals surface area contributed by atoms with E-state index in [1.54, 1.807) is 13.8 Å². The summed E-state index contributed by atoms with van der Waals surface area (Å²) in [6.07, 6.45) is 3.64. The van der Waals surface area contributed by atoms with Crippen LogP contribution in [-0.2, 0) is 40.0 Å². The Balaban J connectivity index is 1.73. The van der Waals surface area contributed by atoms with Gasteiger partial charge in [-0.1, -0.05) is 26.0 Å². The minimum Gasteiger partial charge on any atom is -0.508 e. The van der Waals surface area contributed by atoms with Crippen LogP contribution in [0.25, 0.3) is 0 Å². The molecule has 3 rings (SSSR count). The molecule has 0 saturated carbocycles. The van der Waals surface area contributed by atoms with E-state index < -0.39 is 103 Å². The molecule has 0 aromatic heterocycles. The molecule has 0 bridgehead atoms. The number of carbonyl (C=O) groups is 7. The molecule has 2 aliphatic heterocycles. The Morgan fingerprint density at radius 3 is 1.96 bits per heavy atom. The van der Waals surface area contributed by atoms with Crippen molar-refractivity contribution in [3.8, 4) is 5.75 Å². The van der Waals surface area contributed by atoms with Gasteiger partial charge in [0.1, 0.15) is 42.0 Å². The van der Waals surface area contributed by atoms with Crippen molar-refractivity contribution in [3.05, 3.63) is 29.8 Å². The molecule has 7 atom stereocenters. The minimum absolute atomic E-state index is 0.0372. The summed E-state index contributed by atoms with van der Waals surface area (Å²) in [5.74, 6) is -5.43. The van der Waals surface area contributed by atoms with Gasteiger partial charge in [0.25, 0.3) is 0 Å². The summed E-state index contributed by atoms with van der Waals surface area (Å²) in [7, 11) is 0. The van der Waals surface area contributed by atoms with Gasteiger partial charge in [-0.25, -0.2) is 4.79 Å². The lowest BCUT2D eigenvalue weighted by Gasteiger charge is -2.33. The SMILES string of the molecule is CSCC[C@H](N)C(=O)N[C@@H](CO)C(=O)N1CCC[C@H]1C(=O)N1CCC[C@H]1C(=O)N[C@H](C(=O)N[C@@H](Cc1ccc(O)cc1)C(=O)N[C@@H](CO)C(=O)O)C(C)C. The number of likely N-dealkylation sites (tertiary alicyclic amines) is 2. The lowest BCUT2D eigenvalue weighted by Crippen LogP contribution is -2.60. The Labute approximate surface area is 317 Å². The molecule has 0 unspecified atom stereocenters. The number of thioether (sulfide) groups is 1. The van der Waals surface area contributed by atoms with E-state index >= 15 is 0 Å². The summed E-state index contributed by atoms with van der Waals surface area (Å²) < 4.78 is 0. The number of nitrogens with zero attached hydrogens (tertiary/aromatic N) is 2. The molecule has 2 heterocycles. The highest BCUT2D eigenvalue weighted by Gasteiger charge is 2.44. The zero-order valence-electron chi connectivity index (χ0n) is 30.7. The van der Waals surface area contributed by atoms with E-state index in [4.69, 9.17) is 5.73 Å². The second-order valence-electron chi connectivity index (χ2n) is 13.8. The van der Waals surface area contributed by atoms with Crippen LogP contribution in [0.1, 0.15) is 51.5 Å². The van der Waals surface area contributed by atoms with Gasteiger partial charge in [-0.15, -0.1) is 0 Å². The molecule has 0 aliphatic carbocycles. The first-order valence-electron chi connectivity index (χ1n) is 17.9. The van der Waals surface area contributed by atoms with Crippen LogP contribution in [0.15, 0.2) is 24.3 Å². The largest absolute Gasteiger partial charge is 0.508 e. The van der Waals surface area contributed by atoms with Crippen LogP contribution >= 0.6 is 11.8 Å². The van der Waals surface area contributed by atoms with Gasteiger partial charge in [-0.3, -0.25) is 28.8 Å². The Bertz CT molecular complexity index is 1500. The highest BCUT2D eigenvalue weighted by molar-refractivity contribution is 7.98. The number of hydrogen-bond donors (Lipinski definition) is 9. The van der Waals surface area contributed by atoms with E-state index in [9.17, 15) is 54.0 Å². The Morgan fingerprint density at radius 1 is 0.815 bits per heavy atom. The van der Waals surface area contributed by atoms with Gasteiger partial charge in [0, 0.05) is 19.5 Å². The zero-order chi connectivity index (χ0) is 40.1. The van der Waals surface area contributed by atoms with Crippen molar-refractivity contribution in [2.45, 2.75) is 94.7 Å². The van der Waals surface area contributed by atoms with Crippen LogP contribution in [0, 0.1) is 5.92 Å².